The number of benzene rings is 1. The number of carbonyl (C=O) groups excluding carboxylic acids is 1. The molecule has 1 saturated heterocycles. The van der Waals surface area contributed by atoms with Gasteiger partial charge in [0.25, 0.3) is 0 Å². The van der Waals surface area contributed by atoms with E-state index >= 15 is 0 Å². The van der Waals surface area contributed by atoms with Crippen LogP contribution >= 0.6 is 0 Å². The van der Waals surface area contributed by atoms with Gasteiger partial charge in [0.2, 0.25) is 0 Å². The summed E-state index contributed by atoms with van der Waals surface area (Å²) < 4.78 is 0. The Labute approximate surface area is 131 Å². The van der Waals surface area contributed by atoms with Crippen molar-refractivity contribution in [3.63, 3.8) is 0 Å². The van der Waals surface area contributed by atoms with Crippen molar-refractivity contribution >= 4 is 17.6 Å². The average Bonchev–Trinajstić information content (AvgIpc) is 2.45. The summed E-state index contributed by atoms with van der Waals surface area (Å²) >= 11 is 0. The predicted octanol–water partition coefficient (Wildman–Crippen LogP) is 2.03. The molecule has 0 aliphatic carbocycles. The summed E-state index contributed by atoms with van der Waals surface area (Å²) in [4.78, 5) is 25.9. The maximum absolute atomic E-state index is 11.5. The molecule has 0 unspecified atom stereocenters. The number of carbonyl (C=O) groups is 2. The quantitative estimate of drug-likeness (QED) is 0.806. The molecule has 0 radical (unpaired) electrons. The summed E-state index contributed by atoms with van der Waals surface area (Å²) in [6, 6.07) is 6.44. The molecule has 1 N–H and O–H groups in total. The van der Waals surface area contributed by atoms with Crippen LogP contribution in [0, 0.1) is 6.92 Å². The maximum atomic E-state index is 11.5. The lowest BCUT2D eigenvalue weighted by molar-refractivity contribution is -0.156. The molecule has 2 rings (SSSR count). The van der Waals surface area contributed by atoms with E-state index in [4.69, 9.17) is 5.11 Å². The van der Waals surface area contributed by atoms with Crippen molar-refractivity contribution in [3.05, 3.63) is 29.3 Å². The molecule has 1 amide bonds. The fraction of sp³-hybridized carbons (Fsp3) is 0.529. The zero-order chi connectivity index (χ0) is 16.5. The van der Waals surface area contributed by atoms with Crippen LogP contribution in [0.25, 0.3) is 0 Å². The summed E-state index contributed by atoms with van der Waals surface area (Å²) in [5, 5.41) is 8.79. The zero-order valence-electron chi connectivity index (χ0n) is 13.7. The van der Waals surface area contributed by atoms with Gasteiger partial charge < -0.3 is 14.9 Å². The molecule has 1 aromatic rings. The molecule has 1 fully saturated rings. The van der Waals surface area contributed by atoms with Crippen LogP contribution in [-0.2, 0) is 15.0 Å². The van der Waals surface area contributed by atoms with Gasteiger partial charge in [-0.3, -0.25) is 4.79 Å². The van der Waals surface area contributed by atoms with Gasteiger partial charge in [0.15, 0.2) is 0 Å². The second kappa shape index (κ2) is 5.99. The largest absolute Gasteiger partial charge is 0.474 e. The summed E-state index contributed by atoms with van der Waals surface area (Å²) in [6.07, 6.45) is 0. The minimum Gasteiger partial charge on any atom is -0.474 e. The third-order valence-electron chi connectivity index (χ3n) is 4.05. The Morgan fingerprint density at radius 1 is 1.09 bits per heavy atom. The molecule has 120 valence electrons. The van der Waals surface area contributed by atoms with E-state index in [1.165, 1.54) is 21.7 Å². The van der Waals surface area contributed by atoms with Crippen molar-refractivity contribution in [2.24, 2.45) is 0 Å². The maximum Gasteiger partial charge on any atom is 0.394 e. The molecule has 5 nitrogen and oxygen atoms in total. The molecule has 0 saturated carbocycles. The van der Waals surface area contributed by atoms with Crippen LogP contribution in [0.4, 0.5) is 5.69 Å². The van der Waals surface area contributed by atoms with Crippen molar-refractivity contribution in [2.45, 2.75) is 33.1 Å². The first-order valence-corrected chi connectivity index (χ1v) is 7.58. The highest BCUT2D eigenvalue weighted by atomic mass is 16.4. The lowest BCUT2D eigenvalue weighted by Gasteiger charge is -2.38. The number of carboxylic acids is 1. The van der Waals surface area contributed by atoms with Crippen LogP contribution in [0.1, 0.15) is 31.9 Å². The Morgan fingerprint density at radius 2 is 1.68 bits per heavy atom. The van der Waals surface area contributed by atoms with Gasteiger partial charge in [0.05, 0.1) is 0 Å². The molecule has 0 atom stereocenters. The topological polar surface area (TPSA) is 60.9 Å². The van der Waals surface area contributed by atoms with Crippen LogP contribution in [0.2, 0.25) is 0 Å². The highest BCUT2D eigenvalue weighted by Gasteiger charge is 2.28. The average molecular weight is 304 g/mol. The molecule has 1 aliphatic heterocycles. The van der Waals surface area contributed by atoms with Gasteiger partial charge in [-0.2, -0.15) is 0 Å². The molecule has 0 bridgehead atoms. The number of rotatable bonds is 1. The van der Waals surface area contributed by atoms with E-state index in [1.807, 2.05) is 0 Å². The Bertz CT molecular complexity index is 582. The number of hydrogen-bond acceptors (Lipinski definition) is 3. The SMILES string of the molecule is Cc1ccc(N2CCN(C(=O)C(=O)O)CC2)c(C(C)(C)C)c1. The number of aryl methyl sites for hydroxylation is 1. The Morgan fingerprint density at radius 3 is 2.18 bits per heavy atom. The molecular formula is C17H24N2O3. The van der Waals surface area contributed by atoms with Crippen LogP contribution in [0.5, 0.6) is 0 Å². The third-order valence-corrected chi connectivity index (χ3v) is 4.05. The van der Waals surface area contributed by atoms with Crippen molar-refractivity contribution in [1.29, 1.82) is 0 Å². The summed E-state index contributed by atoms with van der Waals surface area (Å²) in [5.41, 5.74) is 3.73. The van der Waals surface area contributed by atoms with E-state index in [2.05, 4.69) is 50.8 Å². The van der Waals surface area contributed by atoms with Gasteiger partial charge in [-0.05, 0) is 24.0 Å². The minimum atomic E-state index is -1.38. The number of nitrogens with zero attached hydrogens (tertiary/aromatic N) is 2. The second-order valence-corrected chi connectivity index (χ2v) is 6.86. The summed E-state index contributed by atoms with van der Waals surface area (Å²) in [5.74, 6) is -2.18. The smallest absolute Gasteiger partial charge is 0.394 e. The standard InChI is InChI=1S/C17H24N2O3/c1-12-5-6-14(13(11-12)17(2,3)4)18-7-9-19(10-8-18)15(20)16(21)22/h5-6,11H,7-10H2,1-4H3,(H,21,22). The van der Waals surface area contributed by atoms with Gasteiger partial charge >= 0.3 is 11.9 Å². The Kier molecular flexibility index (Phi) is 4.44. The molecule has 22 heavy (non-hydrogen) atoms. The second-order valence-electron chi connectivity index (χ2n) is 6.86. The monoisotopic (exact) mass is 304 g/mol. The van der Waals surface area contributed by atoms with E-state index in [9.17, 15) is 9.59 Å². The first-order chi connectivity index (χ1) is 10.2. The normalized spacial score (nSPS) is 15.8. The minimum absolute atomic E-state index is 0.0371. The molecule has 5 heteroatoms. The van der Waals surface area contributed by atoms with Crippen molar-refractivity contribution in [1.82, 2.24) is 4.90 Å². The van der Waals surface area contributed by atoms with Crippen LogP contribution in [0.3, 0.4) is 0 Å². The van der Waals surface area contributed by atoms with Gasteiger partial charge in [-0.25, -0.2) is 4.79 Å². The van der Waals surface area contributed by atoms with Gasteiger partial charge in [-0.1, -0.05) is 38.5 Å². The van der Waals surface area contributed by atoms with Crippen molar-refractivity contribution < 1.29 is 14.7 Å². The van der Waals surface area contributed by atoms with E-state index < -0.39 is 11.9 Å². The number of carboxylic acid groups (broad SMARTS) is 1. The third kappa shape index (κ3) is 3.40. The molecular weight excluding hydrogens is 280 g/mol. The summed E-state index contributed by atoms with van der Waals surface area (Å²) in [7, 11) is 0. The lowest BCUT2D eigenvalue weighted by atomic mass is 9.84. The number of hydrogen-bond donors (Lipinski definition) is 1. The fourth-order valence-corrected chi connectivity index (χ4v) is 2.81. The zero-order valence-corrected chi connectivity index (χ0v) is 13.7. The van der Waals surface area contributed by atoms with E-state index in [1.54, 1.807) is 0 Å². The molecule has 0 spiro atoms. The van der Waals surface area contributed by atoms with Crippen LogP contribution < -0.4 is 4.90 Å². The highest BCUT2D eigenvalue weighted by Crippen LogP contribution is 2.33. The summed E-state index contributed by atoms with van der Waals surface area (Å²) in [6.45, 7) is 10.9. The Balaban J connectivity index is 2.18. The fourth-order valence-electron chi connectivity index (χ4n) is 2.81. The number of anilines is 1. The predicted molar refractivity (Wildman–Crippen MR) is 86.3 cm³/mol. The lowest BCUT2D eigenvalue weighted by Crippen LogP contribution is -2.51. The molecule has 1 aromatic carbocycles. The van der Waals surface area contributed by atoms with Gasteiger partial charge in [0.1, 0.15) is 0 Å². The van der Waals surface area contributed by atoms with E-state index in [-0.39, 0.29) is 5.41 Å². The van der Waals surface area contributed by atoms with Crippen LogP contribution in [-0.4, -0.2) is 48.1 Å². The van der Waals surface area contributed by atoms with Crippen LogP contribution in [0.15, 0.2) is 18.2 Å². The number of piperazine rings is 1. The molecule has 1 heterocycles. The Hall–Kier alpha value is -2.04. The number of aliphatic carboxylic acids is 1. The number of amides is 1. The van der Waals surface area contributed by atoms with Crippen molar-refractivity contribution in [3.8, 4) is 0 Å². The first kappa shape index (κ1) is 16.3. The van der Waals surface area contributed by atoms with Gasteiger partial charge in [0, 0.05) is 31.9 Å². The highest BCUT2D eigenvalue weighted by molar-refractivity contribution is 6.31. The van der Waals surface area contributed by atoms with E-state index in [0.29, 0.717) is 26.2 Å². The first-order valence-electron chi connectivity index (χ1n) is 7.58. The molecule has 1 aliphatic rings. The van der Waals surface area contributed by atoms with Gasteiger partial charge in [-0.15, -0.1) is 0 Å². The van der Waals surface area contributed by atoms with Crippen molar-refractivity contribution in [2.75, 3.05) is 31.1 Å². The van der Waals surface area contributed by atoms with E-state index in [0.717, 1.165) is 0 Å². The molecule has 0 aromatic heterocycles.